The molecule has 0 fully saturated rings. The Hall–Kier alpha value is -2.03. The number of allylic oxidation sites excluding steroid dienone is 2. The normalized spacial score (nSPS) is 15.4. The van der Waals surface area contributed by atoms with Crippen LogP contribution in [-0.2, 0) is 4.74 Å². The minimum absolute atomic E-state index is 0.166. The van der Waals surface area contributed by atoms with E-state index in [0.717, 1.165) is 23.8 Å². The molecule has 3 rings (SSSR count). The molecule has 0 bridgehead atoms. The Morgan fingerprint density at radius 1 is 1.24 bits per heavy atom. The van der Waals surface area contributed by atoms with E-state index in [1.807, 2.05) is 30.3 Å². The van der Waals surface area contributed by atoms with Gasteiger partial charge < -0.3 is 9.15 Å². The molecule has 0 saturated carbocycles. The highest BCUT2D eigenvalue weighted by Crippen LogP contribution is 2.22. The highest BCUT2D eigenvalue weighted by Gasteiger charge is 2.19. The number of furan rings is 1. The third kappa shape index (κ3) is 1.84. The van der Waals surface area contributed by atoms with Crippen molar-refractivity contribution in [2.75, 3.05) is 6.61 Å². The summed E-state index contributed by atoms with van der Waals surface area (Å²) in [4.78, 5) is 12.1. The van der Waals surface area contributed by atoms with Crippen LogP contribution < -0.4 is 0 Å². The van der Waals surface area contributed by atoms with Crippen LogP contribution in [-0.4, -0.2) is 12.4 Å². The van der Waals surface area contributed by atoms with Crippen LogP contribution in [0.25, 0.3) is 11.0 Å². The second kappa shape index (κ2) is 4.09. The Morgan fingerprint density at radius 3 is 2.88 bits per heavy atom. The summed E-state index contributed by atoms with van der Waals surface area (Å²) >= 11 is 0. The first-order valence-electron chi connectivity index (χ1n) is 5.71. The average molecular weight is 228 g/mol. The number of hydrogen-bond donors (Lipinski definition) is 0. The number of para-hydroxylation sites is 1. The van der Waals surface area contributed by atoms with Gasteiger partial charge in [-0.05, 0) is 31.1 Å². The molecule has 1 aromatic heterocycles. The van der Waals surface area contributed by atoms with Crippen molar-refractivity contribution in [3.63, 3.8) is 0 Å². The van der Waals surface area contributed by atoms with Gasteiger partial charge in [-0.3, -0.25) is 4.79 Å². The third-order valence-corrected chi connectivity index (χ3v) is 2.81. The van der Waals surface area contributed by atoms with Gasteiger partial charge in [0.1, 0.15) is 5.58 Å². The Bertz CT molecular complexity index is 559. The van der Waals surface area contributed by atoms with Gasteiger partial charge in [-0.15, -0.1) is 0 Å². The van der Waals surface area contributed by atoms with E-state index in [0.29, 0.717) is 18.1 Å². The zero-order valence-corrected chi connectivity index (χ0v) is 9.31. The van der Waals surface area contributed by atoms with Gasteiger partial charge in [-0.1, -0.05) is 18.2 Å². The smallest absolute Gasteiger partial charge is 0.262 e. The lowest BCUT2D eigenvalue weighted by atomic mass is 10.1. The van der Waals surface area contributed by atoms with Crippen molar-refractivity contribution in [3.8, 4) is 0 Å². The van der Waals surface area contributed by atoms with E-state index in [2.05, 4.69) is 0 Å². The molecular weight excluding hydrogens is 216 g/mol. The largest absolute Gasteiger partial charge is 0.490 e. The van der Waals surface area contributed by atoms with E-state index >= 15 is 0 Å². The fourth-order valence-corrected chi connectivity index (χ4v) is 1.93. The van der Waals surface area contributed by atoms with Crippen LogP contribution in [0.4, 0.5) is 0 Å². The van der Waals surface area contributed by atoms with E-state index in [1.165, 1.54) is 0 Å². The number of Topliss-reactive ketones (excluding diaryl/α,β-unsaturated/α-hetero) is 1. The molecule has 86 valence electrons. The molecule has 0 amide bonds. The Kier molecular flexibility index (Phi) is 2.44. The summed E-state index contributed by atoms with van der Waals surface area (Å²) in [5.41, 5.74) is 0.729. The Morgan fingerprint density at radius 2 is 2.12 bits per heavy atom. The van der Waals surface area contributed by atoms with E-state index in [1.54, 1.807) is 6.07 Å². The molecule has 3 heteroatoms. The molecule has 0 spiro atoms. The maximum atomic E-state index is 12.1. The van der Waals surface area contributed by atoms with Gasteiger partial charge in [0.25, 0.3) is 5.78 Å². The topological polar surface area (TPSA) is 39.4 Å². The molecule has 0 atom stereocenters. The molecule has 3 nitrogen and oxygen atoms in total. The summed E-state index contributed by atoms with van der Waals surface area (Å²) in [6.45, 7) is 0.609. The fraction of sp³-hybridized carbons (Fsp3) is 0.214. The zero-order chi connectivity index (χ0) is 11.7. The number of fused-ring (bicyclic) bond motifs is 1. The number of carbonyl (C=O) groups is 1. The molecule has 0 N–H and O–H groups in total. The molecule has 1 aromatic carbocycles. The van der Waals surface area contributed by atoms with Crippen LogP contribution in [0, 0.1) is 0 Å². The number of hydrogen-bond acceptors (Lipinski definition) is 3. The van der Waals surface area contributed by atoms with Gasteiger partial charge in [0.2, 0.25) is 0 Å². The predicted molar refractivity (Wildman–Crippen MR) is 63.8 cm³/mol. The van der Waals surface area contributed by atoms with Crippen molar-refractivity contribution in [1.29, 1.82) is 0 Å². The highest BCUT2D eigenvalue weighted by molar-refractivity contribution is 6.07. The summed E-state index contributed by atoms with van der Waals surface area (Å²) in [5, 5.41) is 0.937. The minimum Gasteiger partial charge on any atom is -0.490 e. The SMILES string of the molecule is O=C(C1=CCCCO1)c1cc2ccccc2o1. The van der Waals surface area contributed by atoms with Gasteiger partial charge in [-0.2, -0.15) is 0 Å². The predicted octanol–water partition coefficient (Wildman–Crippen LogP) is 3.31. The van der Waals surface area contributed by atoms with Crippen LogP contribution >= 0.6 is 0 Å². The molecule has 0 radical (unpaired) electrons. The summed E-state index contributed by atoms with van der Waals surface area (Å²) in [5.74, 6) is 0.593. The van der Waals surface area contributed by atoms with Crippen molar-refractivity contribution < 1.29 is 13.9 Å². The van der Waals surface area contributed by atoms with Crippen molar-refractivity contribution in [2.45, 2.75) is 12.8 Å². The van der Waals surface area contributed by atoms with E-state index in [-0.39, 0.29) is 5.78 Å². The van der Waals surface area contributed by atoms with Gasteiger partial charge in [0.15, 0.2) is 11.5 Å². The maximum absolute atomic E-state index is 12.1. The summed E-state index contributed by atoms with van der Waals surface area (Å²) in [6, 6.07) is 9.34. The molecule has 2 aromatic rings. The second-order valence-electron chi connectivity index (χ2n) is 4.04. The molecule has 17 heavy (non-hydrogen) atoms. The van der Waals surface area contributed by atoms with Gasteiger partial charge in [0.05, 0.1) is 6.61 Å². The van der Waals surface area contributed by atoms with E-state index in [4.69, 9.17) is 9.15 Å². The van der Waals surface area contributed by atoms with Crippen molar-refractivity contribution in [3.05, 3.63) is 47.9 Å². The molecule has 1 aliphatic rings. The van der Waals surface area contributed by atoms with E-state index in [9.17, 15) is 4.79 Å². The third-order valence-electron chi connectivity index (χ3n) is 2.81. The van der Waals surface area contributed by atoms with Crippen molar-refractivity contribution in [1.82, 2.24) is 0 Å². The first-order chi connectivity index (χ1) is 8.34. The lowest BCUT2D eigenvalue weighted by Crippen LogP contribution is -2.10. The Labute approximate surface area is 98.7 Å². The standard InChI is InChI=1S/C14H12O3/c15-14(12-7-3-4-8-16-12)13-9-10-5-1-2-6-11(10)17-13/h1-2,5-7,9H,3-4,8H2. The Balaban J connectivity index is 1.98. The monoisotopic (exact) mass is 228 g/mol. The summed E-state index contributed by atoms with van der Waals surface area (Å²) in [6.07, 6.45) is 3.69. The zero-order valence-electron chi connectivity index (χ0n) is 9.31. The highest BCUT2D eigenvalue weighted by atomic mass is 16.5. The van der Waals surface area contributed by atoms with Crippen LogP contribution in [0.1, 0.15) is 23.4 Å². The van der Waals surface area contributed by atoms with Crippen LogP contribution in [0.2, 0.25) is 0 Å². The lowest BCUT2D eigenvalue weighted by Gasteiger charge is -2.12. The second-order valence-corrected chi connectivity index (χ2v) is 4.04. The van der Waals surface area contributed by atoms with Crippen molar-refractivity contribution >= 4 is 16.8 Å². The fourth-order valence-electron chi connectivity index (χ4n) is 1.93. The van der Waals surface area contributed by atoms with Gasteiger partial charge >= 0.3 is 0 Å². The van der Waals surface area contributed by atoms with E-state index < -0.39 is 0 Å². The molecule has 1 aliphatic heterocycles. The molecular formula is C14H12O3. The lowest BCUT2D eigenvalue weighted by molar-refractivity contribution is 0.0874. The maximum Gasteiger partial charge on any atom is 0.262 e. The van der Waals surface area contributed by atoms with Crippen molar-refractivity contribution in [2.24, 2.45) is 0 Å². The quantitative estimate of drug-likeness (QED) is 0.740. The number of rotatable bonds is 2. The van der Waals surface area contributed by atoms with Crippen LogP contribution in [0.5, 0.6) is 0 Å². The molecule has 0 saturated heterocycles. The number of benzene rings is 1. The molecule has 0 unspecified atom stereocenters. The molecule has 0 aliphatic carbocycles. The number of ketones is 1. The summed E-state index contributed by atoms with van der Waals surface area (Å²) < 4.78 is 10.9. The van der Waals surface area contributed by atoms with Gasteiger partial charge in [0, 0.05) is 5.39 Å². The van der Waals surface area contributed by atoms with Crippen LogP contribution in [0.3, 0.4) is 0 Å². The number of carbonyl (C=O) groups excluding carboxylic acids is 1. The minimum atomic E-state index is -0.166. The van der Waals surface area contributed by atoms with Crippen LogP contribution in [0.15, 0.2) is 46.6 Å². The van der Waals surface area contributed by atoms with Gasteiger partial charge in [-0.25, -0.2) is 0 Å². The number of ether oxygens (including phenoxy) is 1. The average Bonchev–Trinajstić information content (AvgIpc) is 2.82. The first-order valence-corrected chi connectivity index (χ1v) is 5.71. The summed E-state index contributed by atoms with van der Waals surface area (Å²) in [7, 11) is 0. The first kappa shape index (κ1) is 10.1. The molecule has 2 heterocycles.